The summed E-state index contributed by atoms with van der Waals surface area (Å²) in [6, 6.07) is 0. The highest BCUT2D eigenvalue weighted by atomic mass is 35.7. The Morgan fingerprint density at radius 2 is 1.82 bits per heavy atom. The summed E-state index contributed by atoms with van der Waals surface area (Å²) in [5.74, 6) is -0.811. The highest BCUT2D eigenvalue weighted by Crippen LogP contribution is 2.16. The molecule has 0 aliphatic carbocycles. The zero-order chi connectivity index (χ0) is 9.12. The van der Waals surface area contributed by atoms with Crippen molar-refractivity contribution in [3.05, 3.63) is 12.2 Å². The average Bonchev–Trinajstić information content (AvgIpc) is 1.55. The van der Waals surface area contributed by atoms with Gasteiger partial charge in [0, 0.05) is 16.8 Å². The Bertz CT molecular complexity index is 241. The smallest absolute Gasteiger partial charge is 0.212 e. The van der Waals surface area contributed by atoms with E-state index in [2.05, 4.69) is 10.7 Å². The van der Waals surface area contributed by atoms with Crippen molar-refractivity contribution in [3.63, 3.8) is 0 Å². The van der Waals surface area contributed by atoms with Gasteiger partial charge in [-0.3, -0.25) is 0 Å². The summed E-state index contributed by atoms with van der Waals surface area (Å²) in [5.41, 5.74) is 0. The van der Waals surface area contributed by atoms with Crippen LogP contribution < -0.4 is 0 Å². The largest absolute Gasteiger partial charge is 0.409 e. The van der Waals surface area contributed by atoms with Gasteiger partial charge >= 0.3 is 6.18 Å². The van der Waals surface area contributed by atoms with Crippen LogP contribution in [0.2, 0.25) is 0 Å². The lowest BCUT2D eigenvalue weighted by Crippen LogP contribution is -2.02. The van der Waals surface area contributed by atoms with Crippen molar-refractivity contribution in [1.82, 2.24) is 0 Å². The lowest BCUT2D eigenvalue weighted by Gasteiger charge is -1.95. The first-order valence-electron chi connectivity index (χ1n) is 2.37. The van der Waals surface area contributed by atoms with Gasteiger partial charge in [-0.25, -0.2) is 8.42 Å². The van der Waals surface area contributed by atoms with E-state index in [9.17, 15) is 21.6 Å². The van der Waals surface area contributed by atoms with E-state index < -0.39 is 21.0 Å². The minimum absolute atomic E-state index is 0.174. The molecule has 7 heteroatoms. The van der Waals surface area contributed by atoms with Crippen LogP contribution in [-0.2, 0) is 9.05 Å². The molecule has 0 aromatic carbocycles. The van der Waals surface area contributed by atoms with Gasteiger partial charge < -0.3 is 0 Å². The second-order valence-corrected chi connectivity index (χ2v) is 4.47. The zero-order valence-corrected chi connectivity index (χ0v) is 6.67. The predicted octanol–water partition coefficient (Wildman–Crippen LogP) is 1.67. The standard InChI is InChI=1S/C4H4ClF3O2S/c5-11(9,10)3-1-2-4(6,7)8/h1-2H,3H2/b2-1+. The normalized spacial score (nSPS) is 14.2. The maximum atomic E-state index is 11.3. The lowest BCUT2D eigenvalue weighted by atomic mass is 10.5. The minimum Gasteiger partial charge on any atom is -0.212 e. The van der Waals surface area contributed by atoms with E-state index in [1.165, 1.54) is 0 Å². The Kier molecular flexibility index (Phi) is 3.37. The number of alkyl halides is 3. The molecule has 66 valence electrons. The molecule has 0 saturated carbocycles. The summed E-state index contributed by atoms with van der Waals surface area (Å²) >= 11 is 0. The topological polar surface area (TPSA) is 34.1 Å². The van der Waals surface area contributed by atoms with Gasteiger partial charge in [0.05, 0.1) is 5.75 Å². The maximum Gasteiger partial charge on any atom is 0.409 e. The quantitative estimate of drug-likeness (QED) is 0.511. The van der Waals surface area contributed by atoms with Crippen molar-refractivity contribution in [3.8, 4) is 0 Å². The fraction of sp³-hybridized carbons (Fsp3) is 0.500. The Morgan fingerprint density at radius 3 is 2.09 bits per heavy atom. The molecule has 0 radical (unpaired) electrons. The third-order valence-corrected chi connectivity index (χ3v) is 1.57. The van der Waals surface area contributed by atoms with Crippen LogP contribution in [0.4, 0.5) is 13.2 Å². The third-order valence-electron chi connectivity index (χ3n) is 0.602. The minimum atomic E-state index is -4.48. The van der Waals surface area contributed by atoms with Crippen LogP contribution in [0, 0.1) is 0 Å². The molecular weight excluding hydrogens is 205 g/mol. The fourth-order valence-electron chi connectivity index (χ4n) is 0.297. The molecule has 2 nitrogen and oxygen atoms in total. The van der Waals surface area contributed by atoms with Crippen LogP contribution >= 0.6 is 10.7 Å². The predicted molar refractivity (Wildman–Crippen MR) is 34.8 cm³/mol. The molecule has 11 heavy (non-hydrogen) atoms. The second-order valence-electron chi connectivity index (χ2n) is 1.65. The summed E-state index contributed by atoms with van der Waals surface area (Å²) in [6.07, 6.45) is -4.21. The van der Waals surface area contributed by atoms with Gasteiger partial charge in [-0.1, -0.05) is 6.08 Å². The maximum absolute atomic E-state index is 11.3. The monoisotopic (exact) mass is 208 g/mol. The molecule has 0 amide bonds. The van der Waals surface area contributed by atoms with Crippen LogP contribution in [0.1, 0.15) is 0 Å². The highest BCUT2D eigenvalue weighted by molar-refractivity contribution is 8.13. The van der Waals surface area contributed by atoms with E-state index in [0.717, 1.165) is 0 Å². The molecule has 0 fully saturated rings. The second kappa shape index (κ2) is 3.44. The number of allylic oxidation sites excluding steroid dienone is 1. The van der Waals surface area contributed by atoms with Gasteiger partial charge in [-0.2, -0.15) is 13.2 Å². The molecule has 0 N–H and O–H groups in total. The molecule has 0 saturated heterocycles. The molecule has 0 aromatic rings. The van der Waals surface area contributed by atoms with Crippen LogP contribution in [-0.4, -0.2) is 20.3 Å². The first-order valence-corrected chi connectivity index (χ1v) is 4.85. The van der Waals surface area contributed by atoms with Gasteiger partial charge in [0.1, 0.15) is 0 Å². The van der Waals surface area contributed by atoms with E-state index in [0.29, 0.717) is 6.08 Å². The molecule has 0 aliphatic heterocycles. The Balaban J connectivity index is 4.00. The van der Waals surface area contributed by atoms with Crippen molar-refractivity contribution in [1.29, 1.82) is 0 Å². The molecule has 0 bridgehead atoms. The van der Waals surface area contributed by atoms with Gasteiger partial charge in [0.15, 0.2) is 0 Å². The van der Waals surface area contributed by atoms with Crippen LogP contribution in [0.5, 0.6) is 0 Å². The van der Waals surface area contributed by atoms with Crippen LogP contribution in [0.3, 0.4) is 0 Å². The van der Waals surface area contributed by atoms with Crippen LogP contribution in [0.15, 0.2) is 12.2 Å². The van der Waals surface area contributed by atoms with Gasteiger partial charge in [-0.05, 0) is 0 Å². The Labute approximate surface area is 66.1 Å². The van der Waals surface area contributed by atoms with Gasteiger partial charge in [0.2, 0.25) is 9.05 Å². The van der Waals surface area contributed by atoms with E-state index in [4.69, 9.17) is 0 Å². The Hall–Kier alpha value is -0.230. The molecule has 0 atom stereocenters. The highest BCUT2D eigenvalue weighted by Gasteiger charge is 2.21. The number of halogens is 4. The van der Waals surface area contributed by atoms with Crippen molar-refractivity contribution >= 4 is 19.7 Å². The summed E-state index contributed by atoms with van der Waals surface area (Å²) < 4.78 is 54.0. The number of hydrogen-bond acceptors (Lipinski definition) is 2. The van der Waals surface area contributed by atoms with Crippen molar-refractivity contribution in [2.24, 2.45) is 0 Å². The van der Waals surface area contributed by atoms with E-state index in [1.807, 2.05) is 0 Å². The lowest BCUT2D eigenvalue weighted by molar-refractivity contribution is -0.0799. The average molecular weight is 209 g/mol. The SMILES string of the molecule is O=S(=O)(Cl)C/C=C/C(F)(F)F. The molecular formula is C4H4ClF3O2S. The van der Waals surface area contributed by atoms with E-state index >= 15 is 0 Å². The summed E-state index contributed by atoms with van der Waals surface area (Å²) in [5, 5.41) is 0. The summed E-state index contributed by atoms with van der Waals surface area (Å²) in [4.78, 5) is 0. The molecule has 0 heterocycles. The fourth-order valence-corrected chi connectivity index (χ4v) is 0.841. The first kappa shape index (κ1) is 10.8. The van der Waals surface area contributed by atoms with E-state index in [1.54, 1.807) is 0 Å². The first-order chi connectivity index (χ1) is 4.71. The number of hydrogen-bond donors (Lipinski definition) is 0. The molecule has 0 unspecified atom stereocenters. The van der Waals surface area contributed by atoms with Crippen molar-refractivity contribution in [2.75, 3.05) is 5.75 Å². The van der Waals surface area contributed by atoms with Crippen molar-refractivity contribution in [2.45, 2.75) is 6.18 Å². The third kappa shape index (κ3) is 9.77. The Morgan fingerprint density at radius 1 is 1.36 bits per heavy atom. The van der Waals surface area contributed by atoms with Gasteiger partial charge in [-0.15, -0.1) is 0 Å². The molecule has 0 aliphatic rings. The number of rotatable bonds is 2. The molecule has 0 aromatic heterocycles. The summed E-state index contributed by atoms with van der Waals surface area (Å²) in [6.45, 7) is 0. The van der Waals surface area contributed by atoms with E-state index in [-0.39, 0.29) is 6.08 Å². The van der Waals surface area contributed by atoms with Gasteiger partial charge in [0.25, 0.3) is 0 Å². The van der Waals surface area contributed by atoms with Crippen LogP contribution in [0.25, 0.3) is 0 Å². The summed E-state index contributed by atoms with van der Waals surface area (Å²) in [7, 11) is 0.755. The molecule has 0 rings (SSSR count). The molecule has 0 spiro atoms. The zero-order valence-electron chi connectivity index (χ0n) is 5.10. The van der Waals surface area contributed by atoms with Crippen molar-refractivity contribution < 1.29 is 21.6 Å².